The molecule has 158 valence electrons. The third kappa shape index (κ3) is 4.99. The molecule has 8 heteroatoms. The van der Waals surface area contributed by atoms with Gasteiger partial charge in [0.1, 0.15) is 23.9 Å². The molecule has 1 heterocycles. The summed E-state index contributed by atoms with van der Waals surface area (Å²) in [5.41, 5.74) is 2.05. The molecule has 0 aliphatic heterocycles. The van der Waals surface area contributed by atoms with E-state index in [4.69, 9.17) is 4.74 Å². The normalized spacial score (nSPS) is 14.8. The van der Waals surface area contributed by atoms with E-state index >= 15 is 0 Å². The Hall–Kier alpha value is -2.87. The molecule has 7 nitrogen and oxygen atoms in total. The molecule has 0 radical (unpaired) electrons. The SMILES string of the molecule is CS(=O)(=O)Cc1nc2ccccc2n1CC(=O)Nc1ccc(OC2CCCC2)cc1. The van der Waals surface area contributed by atoms with Crippen LogP contribution in [0.15, 0.2) is 48.5 Å². The summed E-state index contributed by atoms with van der Waals surface area (Å²) in [7, 11) is -3.29. The summed E-state index contributed by atoms with van der Waals surface area (Å²) in [5.74, 6) is 0.685. The van der Waals surface area contributed by atoms with E-state index in [2.05, 4.69) is 10.3 Å². The number of fused-ring (bicyclic) bond motifs is 1. The number of carbonyl (C=O) groups excluding carboxylic acids is 1. The van der Waals surface area contributed by atoms with Crippen LogP contribution in [0.4, 0.5) is 5.69 Å². The van der Waals surface area contributed by atoms with E-state index in [9.17, 15) is 13.2 Å². The zero-order valence-electron chi connectivity index (χ0n) is 16.9. The van der Waals surface area contributed by atoms with Crippen LogP contribution in [0.25, 0.3) is 11.0 Å². The number of anilines is 1. The minimum absolute atomic E-state index is 0.0221. The highest BCUT2D eigenvalue weighted by atomic mass is 32.2. The number of rotatable bonds is 7. The average molecular weight is 428 g/mol. The Labute approximate surface area is 176 Å². The van der Waals surface area contributed by atoms with Gasteiger partial charge in [-0.05, 0) is 62.1 Å². The fraction of sp³-hybridized carbons (Fsp3) is 0.364. The Balaban J connectivity index is 1.47. The lowest BCUT2D eigenvalue weighted by Crippen LogP contribution is -2.21. The zero-order chi connectivity index (χ0) is 21.1. The summed E-state index contributed by atoms with van der Waals surface area (Å²) in [6.45, 7) is -0.0221. The molecule has 3 aromatic rings. The van der Waals surface area contributed by atoms with Crippen LogP contribution in [0.1, 0.15) is 31.5 Å². The first-order valence-electron chi connectivity index (χ1n) is 10.1. The molecule has 1 N–H and O–H groups in total. The minimum Gasteiger partial charge on any atom is -0.490 e. The number of benzene rings is 2. The van der Waals surface area contributed by atoms with Crippen molar-refractivity contribution in [1.82, 2.24) is 9.55 Å². The molecule has 0 bridgehead atoms. The number of hydrogen-bond donors (Lipinski definition) is 1. The van der Waals surface area contributed by atoms with Crippen LogP contribution in [-0.4, -0.2) is 36.2 Å². The van der Waals surface area contributed by atoms with Crippen molar-refractivity contribution in [3.05, 3.63) is 54.4 Å². The third-order valence-electron chi connectivity index (χ3n) is 5.17. The maximum atomic E-state index is 12.7. The van der Waals surface area contributed by atoms with Crippen LogP contribution in [-0.2, 0) is 26.9 Å². The molecule has 0 spiro atoms. The number of nitrogens with zero attached hydrogens (tertiary/aromatic N) is 2. The summed E-state index contributed by atoms with van der Waals surface area (Å²) in [6.07, 6.45) is 6.05. The fourth-order valence-electron chi connectivity index (χ4n) is 3.81. The zero-order valence-corrected chi connectivity index (χ0v) is 17.7. The van der Waals surface area contributed by atoms with Crippen molar-refractivity contribution in [3.63, 3.8) is 0 Å². The van der Waals surface area contributed by atoms with Gasteiger partial charge in [-0.15, -0.1) is 0 Å². The largest absolute Gasteiger partial charge is 0.490 e. The van der Waals surface area contributed by atoms with Crippen LogP contribution >= 0.6 is 0 Å². The van der Waals surface area contributed by atoms with Gasteiger partial charge in [0, 0.05) is 11.9 Å². The molecule has 30 heavy (non-hydrogen) atoms. The number of imidazole rings is 1. The van der Waals surface area contributed by atoms with E-state index in [1.54, 1.807) is 10.6 Å². The van der Waals surface area contributed by atoms with Crippen molar-refractivity contribution in [2.75, 3.05) is 11.6 Å². The van der Waals surface area contributed by atoms with Gasteiger partial charge in [0.2, 0.25) is 5.91 Å². The van der Waals surface area contributed by atoms with Gasteiger partial charge < -0.3 is 14.6 Å². The lowest BCUT2D eigenvalue weighted by atomic mass is 10.2. The van der Waals surface area contributed by atoms with Gasteiger partial charge >= 0.3 is 0 Å². The third-order valence-corrected chi connectivity index (χ3v) is 5.95. The molecule has 1 saturated carbocycles. The monoisotopic (exact) mass is 427 g/mol. The van der Waals surface area contributed by atoms with Gasteiger partial charge in [-0.3, -0.25) is 4.79 Å². The van der Waals surface area contributed by atoms with Crippen LogP contribution in [0.5, 0.6) is 5.75 Å². The number of para-hydroxylation sites is 2. The van der Waals surface area contributed by atoms with Gasteiger partial charge in [0.15, 0.2) is 9.84 Å². The van der Waals surface area contributed by atoms with Gasteiger partial charge in [-0.2, -0.15) is 0 Å². The highest BCUT2D eigenvalue weighted by molar-refractivity contribution is 7.89. The van der Waals surface area contributed by atoms with E-state index in [-0.39, 0.29) is 24.3 Å². The molecule has 0 atom stereocenters. The smallest absolute Gasteiger partial charge is 0.244 e. The number of sulfone groups is 1. The first-order valence-corrected chi connectivity index (χ1v) is 12.1. The molecule has 1 fully saturated rings. The van der Waals surface area contributed by atoms with Gasteiger partial charge in [0.05, 0.1) is 17.1 Å². The number of carbonyl (C=O) groups is 1. The average Bonchev–Trinajstić information content (AvgIpc) is 3.31. The summed E-state index contributed by atoms with van der Waals surface area (Å²) < 4.78 is 31.2. The van der Waals surface area contributed by atoms with Crippen molar-refractivity contribution in [2.45, 2.75) is 44.1 Å². The van der Waals surface area contributed by atoms with Crippen molar-refractivity contribution in [1.29, 1.82) is 0 Å². The van der Waals surface area contributed by atoms with E-state index < -0.39 is 9.84 Å². The number of amides is 1. The molecule has 1 aliphatic carbocycles. The summed E-state index contributed by atoms with van der Waals surface area (Å²) in [5, 5.41) is 2.86. The van der Waals surface area contributed by atoms with Gasteiger partial charge in [-0.1, -0.05) is 12.1 Å². The first kappa shape index (κ1) is 20.4. The van der Waals surface area contributed by atoms with Crippen LogP contribution < -0.4 is 10.1 Å². The lowest BCUT2D eigenvalue weighted by molar-refractivity contribution is -0.116. The fourth-order valence-corrected chi connectivity index (χ4v) is 4.50. The second-order valence-electron chi connectivity index (χ2n) is 7.77. The van der Waals surface area contributed by atoms with Crippen LogP contribution in [0.3, 0.4) is 0 Å². The predicted molar refractivity (Wildman–Crippen MR) is 116 cm³/mol. The van der Waals surface area contributed by atoms with Gasteiger partial charge in [-0.25, -0.2) is 13.4 Å². The molecular formula is C22H25N3O4S. The van der Waals surface area contributed by atoms with Crippen molar-refractivity contribution >= 4 is 32.5 Å². The number of aromatic nitrogens is 2. The lowest BCUT2D eigenvalue weighted by Gasteiger charge is -2.14. The Bertz CT molecular complexity index is 1150. The molecule has 4 rings (SSSR count). The highest BCUT2D eigenvalue weighted by Gasteiger charge is 2.18. The Kier molecular flexibility index (Phi) is 5.76. The topological polar surface area (TPSA) is 90.3 Å². The summed E-state index contributed by atoms with van der Waals surface area (Å²) in [4.78, 5) is 17.1. The standard InChI is InChI=1S/C22H25N3O4S/c1-30(27,28)15-21-24-19-8-4-5-9-20(19)25(21)14-22(26)23-16-10-12-18(13-11-16)29-17-6-2-3-7-17/h4-5,8-13,17H,2-3,6-7,14-15H2,1H3,(H,23,26). The van der Waals surface area contributed by atoms with Crippen molar-refractivity contribution in [2.24, 2.45) is 0 Å². The van der Waals surface area contributed by atoms with E-state index in [0.717, 1.165) is 30.4 Å². The second-order valence-corrected chi connectivity index (χ2v) is 9.91. The molecule has 1 aromatic heterocycles. The number of hydrogen-bond acceptors (Lipinski definition) is 5. The Morgan fingerprint density at radius 3 is 2.53 bits per heavy atom. The molecule has 1 aliphatic rings. The second kappa shape index (κ2) is 8.47. The summed E-state index contributed by atoms with van der Waals surface area (Å²) in [6, 6.07) is 14.6. The summed E-state index contributed by atoms with van der Waals surface area (Å²) >= 11 is 0. The predicted octanol–water partition coefficient (Wildman–Crippen LogP) is 3.54. The Morgan fingerprint density at radius 1 is 1.13 bits per heavy atom. The van der Waals surface area contributed by atoms with Crippen LogP contribution in [0, 0.1) is 0 Å². The van der Waals surface area contributed by atoms with E-state index in [0.29, 0.717) is 17.0 Å². The quantitative estimate of drug-likeness (QED) is 0.623. The van der Waals surface area contributed by atoms with E-state index in [1.807, 2.05) is 42.5 Å². The Morgan fingerprint density at radius 2 is 1.83 bits per heavy atom. The van der Waals surface area contributed by atoms with Crippen molar-refractivity contribution < 1.29 is 17.9 Å². The number of nitrogens with one attached hydrogen (secondary N) is 1. The minimum atomic E-state index is -3.29. The highest BCUT2D eigenvalue weighted by Crippen LogP contribution is 2.25. The maximum absolute atomic E-state index is 12.7. The molecule has 2 aromatic carbocycles. The molecule has 1 amide bonds. The van der Waals surface area contributed by atoms with Gasteiger partial charge in [0.25, 0.3) is 0 Å². The van der Waals surface area contributed by atoms with Crippen LogP contribution in [0.2, 0.25) is 0 Å². The first-order chi connectivity index (χ1) is 14.4. The maximum Gasteiger partial charge on any atom is 0.244 e. The molecule has 0 saturated heterocycles. The molecule has 0 unspecified atom stereocenters. The van der Waals surface area contributed by atoms with E-state index in [1.165, 1.54) is 12.8 Å². The number of ether oxygens (including phenoxy) is 1. The molecular weight excluding hydrogens is 402 g/mol. The van der Waals surface area contributed by atoms with Crippen molar-refractivity contribution in [3.8, 4) is 5.75 Å².